The molecule has 0 radical (unpaired) electrons. The number of urea groups is 1. The summed E-state index contributed by atoms with van der Waals surface area (Å²) in [5.41, 5.74) is 0.748. The maximum absolute atomic E-state index is 12.3. The van der Waals surface area contributed by atoms with Gasteiger partial charge >= 0.3 is 6.03 Å². The van der Waals surface area contributed by atoms with Gasteiger partial charge in [-0.05, 0) is 26.9 Å². The Hall–Kier alpha value is -1.60. The van der Waals surface area contributed by atoms with E-state index in [0.29, 0.717) is 12.5 Å². The van der Waals surface area contributed by atoms with Crippen molar-refractivity contribution in [2.75, 3.05) is 52.8 Å². The average Bonchev–Trinajstić information content (AvgIpc) is 2.93. The molecule has 124 valence electrons. The van der Waals surface area contributed by atoms with Crippen LogP contribution in [0.2, 0.25) is 0 Å². The molecule has 22 heavy (non-hydrogen) atoms. The second kappa shape index (κ2) is 8.14. The van der Waals surface area contributed by atoms with Crippen LogP contribution >= 0.6 is 0 Å². The summed E-state index contributed by atoms with van der Waals surface area (Å²) in [5.74, 6) is 0.437. The third-order valence-electron chi connectivity index (χ3n) is 3.87. The second-order valence-corrected chi connectivity index (χ2v) is 6.14. The molecule has 2 heterocycles. The van der Waals surface area contributed by atoms with Crippen LogP contribution in [0.1, 0.15) is 12.8 Å². The first-order chi connectivity index (χ1) is 10.6. The van der Waals surface area contributed by atoms with Gasteiger partial charge in [-0.25, -0.2) is 4.79 Å². The summed E-state index contributed by atoms with van der Waals surface area (Å²) in [6.45, 7) is 4.00. The van der Waals surface area contributed by atoms with E-state index in [1.165, 1.54) is 0 Å². The molecule has 0 spiro atoms. The Morgan fingerprint density at radius 3 is 3.09 bits per heavy atom. The molecule has 1 atom stereocenters. The van der Waals surface area contributed by atoms with E-state index in [0.717, 1.165) is 44.7 Å². The molecule has 1 fully saturated rings. The van der Waals surface area contributed by atoms with E-state index in [-0.39, 0.29) is 6.03 Å². The fourth-order valence-electron chi connectivity index (χ4n) is 2.68. The molecule has 1 N–H and O–H groups in total. The van der Waals surface area contributed by atoms with Gasteiger partial charge in [0.15, 0.2) is 0 Å². The number of ether oxygens (including phenoxy) is 1. The molecule has 7 heteroatoms. The van der Waals surface area contributed by atoms with Crippen LogP contribution in [-0.2, 0) is 11.3 Å². The molecule has 7 nitrogen and oxygen atoms in total. The molecule has 0 bridgehead atoms. The number of carbonyl (C=O) groups is 1. The lowest BCUT2D eigenvalue weighted by molar-refractivity contribution is 0.104. The normalized spacial score (nSPS) is 18.7. The predicted molar refractivity (Wildman–Crippen MR) is 86.0 cm³/mol. The lowest BCUT2D eigenvalue weighted by Crippen LogP contribution is -2.43. The van der Waals surface area contributed by atoms with Crippen molar-refractivity contribution in [3.8, 4) is 0 Å². The highest BCUT2D eigenvalue weighted by molar-refractivity contribution is 5.89. The number of piperidine rings is 1. The van der Waals surface area contributed by atoms with E-state index in [4.69, 9.17) is 4.74 Å². The summed E-state index contributed by atoms with van der Waals surface area (Å²) in [4.78, 5) is 16.3. The average molecular weight is 309 g/mol. The SMILES string of the molecule is COC[C@H]1CCCN(C(=O)Nc2cnn(CCN(C)C)c2)C1. The number of carbonyl (C=O) groups excluding carboxylic acids is 1. The molecule has 0 saturated carbocycles. The number of amides is 2. The van der Waals surface area contributed by atoms with Crippen molar-refractivity contribution in [3.05, 3.63) is 12.4 Å². The van der Waals surface area contributed by atoms with Crippen molar-refractivity contribution in [1.29, 1.82) is 0 Å². The number of hydrogen-bond acceptors (Lipinski definition) is 4. The number of methoxy groups -OCH3 is 1. The minimum absolute atomic E-state index is 0.0482. The second-order valence-electron chi connectivity index (χ2n) is 6.14. The summed E-state index contributed by atoms with van der Waals surface area (Å²) in [6, 6.07) is -0.0482. The topological polar surface area (TPSA) is 62.6 Å². The molecule has 1 aliphatic rings. The molecule has 0 unspecified atom stereocenters. The molecule has 1 aliphatic heterocycles. The first-order valence-electron chi connectivity index (χ1n) is 7.80. The van der Waals surface area contributed by atoms with Crippen molar-refractivity contribution in [2.24, 2.45) is 5.92 Å². The van der Waals surface area contributed by atoms with Crippen LogP contribution in [0.15, 0.2) is 12.4 Å². The lowest BCUT2D eigenvalue weighted by Gasteiger charge is -2.32. The van der Waals surface area contributed by atoms with Gasteiger partial charge < -0.3 is 19.9 Å². The number of hydrogen-bond donors (Lipinski definition) is 1. The van der Waals surface area contributed by atoms with E-state index in [1.54, 1.807) is 13.3 Å². The van der Waals surface area contributed by atoms with E-state index in [9.17, 15) is 4.79 Å². The highest BCUT2D eigenvalue weighted by Crippen LogP contribution is 2.17. The minimum Gasteiger partial charge on any atom is -0.384 e. The molecule has 1 aromatic rings. The highest BCUT2D eigenvalue weighted by Gasteiger charge is 2.23. The van der Waals surface area contributed by atoms with E-state index >= 15 is 0 Å². The zero-order valence-electron chi connectivity index (χ0n) is 13.8. The maximum atomic E-state index is 12.3. The van der Waals surface area contributed by atoms with Crippen molar-refractivity contribution < 1.29 is 9.53 Å². The molecule has 0 aromatic carbocycles. The highest BCUT2D eigenvalue weighted by atomic mass is 16.5. The zero-order chi connectivity index (χ0) is 15.9. The lowest BCUT2D eigenvalue weighted by atomic mass is 9.99. The van der Waals surface area contributed by atoms with E-state index in [1.807, 2.05) is 29.9 Å². The van der Waals surface area contributed by atoms with Gasteiger partial charge in [-0.3, -0.25) is 4.68 Å². The van der Waals surface area contributed by atoms with Gasteiger partial charge in [0, 0.05) is 38.9 Å². The number of aromatic nitrogens is 2. The van der Waals surface area contributed by atoms with Crippen LogP contribution in [0, 0.1) is 5.92 Å². The summed E-state index contributed by atoms with van der Waals surface area (Å²) in [5, 5.41) is 7.20. The molecular weight excluding hydrogens is 282 g/mol. The van der Waals surface area contributed by atoms with Gasteiger partial charge in [0.1, 0.15) is 0 Å². The Balaban J connectivity index is 1.83. The number of rotatable bonds is 6. The van der Waals surface area contributed by atoms with Gasteiger partial charge in [-0.1, -0.05) is 0 Å². The van der Waals surface area contributed by atoms with Gasteiger partial charge in [0.25, 0.3) is 0 Å². The molecule has 2 rings (SSSR count). The quantitative estimate of drug-likeness (QED) is 0.861. The van der Waals surface area contributed by atoms with Gasteiger partial charge in [-0.2, -0.15) is 5.10 Å². The largest absolute Gasteiger partial charge is 0.384 e. The Morgan fingerprint density at radius 1 is 1.55 bits per heavy atom. The Labute approximate surface area is 132 Å². The van der Waals surface area contributed by atoms with E-state index in [2.05, 4.69) is 15.3 Å². The molecule has 2 amide bonds. The standard InChI is InChI=1S/C15H27N5O2/c1-18(2)7-8-20-11-14(9-16-20)17-15(21)19-6-4-5-13(10-19)12-22-3/h9,11,13H,4-8,10,12H2,1-3H3,(H,17,21)/t13-/m0/s1. The first kappa shape index (κ1) is 16.8. The smallest absolute Gasteiger partial charge is 0.321 e. The minimum atomic E-state index is -0.0482. The van der Waals surface area contributed by atoms with Crippen LogP contribution < -0.4 is 5.32 Å². The fourth-order valence-corrected chi connectivity index (χ4v) is 2.68. The van der Waals surface area contributed by atoms with Crippen molar-refractivity contribution in [1.82, 2.24) is 19.6 Å². The van der Waals surface area contributed by atoms with Crippen LogP contribution in [0.4, 0.5) is 10.5 Å². The van der Waals surface area contributed by atoms with Gasteiger partial charge in [-0.15, -0.1) is 0 Å². The molecular formula is C15H27N5O2. The Morgan fingerprint density at radius 2 is 2.36 bits per heavy atom. The third-order valence-corrected chi connectivity index (χ3v) is 3.87. The number of nitrogens with one attached hydrogen (secondary N) is 1. The van der Waals surface area contributed by atoms with Gasteiger partial charge in [0.2, 0.25) is 0 Å². The zero-order valence-corrected chi connectivity index (χ0v) is 13.8. The summed E-state index contributed by atoms with van der Waals surface area (Å²) in [6.07, 6.45) is 5.73. The Bertz CT molecular complexity index is 472. The van der Waals surface area contributed by atoms with Crippen molar-refractivity contribution >= 4 is 11.7 Å². The first-order valence-corrected chi connectivity index (χ1v) is 7.80. The number of likely N-dealkylation sites (tertiary alicyclic amines) is 1. The molecule has 1 saturated heterocycles. The summed E-state index contributed by atoms with van der Waals surface area (Å²) in [7, 11) is 5.76. The maximum Gasteiger partial charge on any atom is 0.321 e. The van der Waals surface area contributed by atoms with Crippen molar-refractivity contribution in [3.63, 3.8) is 0 Å². The Kier molecular flexibility index (Phi) is 6.21. The van der Waals surface area contributed by atoms with Gasteiger partial charge in [0.05, 0.1) is 25.0 Å². The van der Waals surface area contributed by atoms with Crippen molar-refractivity contribution in [2.45, 2.75) is 19.4 Å². The molecule has 0 aliphatic carbocycles. The van der Waals surface area contributed by atoms with Crippen LogP contribution in [-0.4, -0.2) is 73.1 Å². The third kappa shape index (κ3) is 4.99. The van der Waals surface area contributed by atoms with E-state index < -0.39 is 0 Å². The monoisotopic (exact) mass is 309 g/mol. The number of likely N-dealkylation sites (N-methyl/N-ethyl adjacent to an activating group) is 1. The molecule has 1 aromatic heterocycles. The van der Waals surface area contributed by atoms with Crippen LogP contribution in [0.3, 0.4) is 0 Å². The summed E-state index contributed by atoms with van der Waals surface area (Å²) < 4.78 is 7.05. The summed E-state index contributed by atoms with van der Waals surface area (Å²) >= 11 is 0. The number of nitrogens with zero attached hydrogens (tertiary/aromatic N) is 4. The fraction of sp³-hybridized carbons (Fsp3) is 0.733. The van der Waals surface area contributed by atoms with Crippen LogP contribution in [0.5, 0.6) is 0 Å². The number of anilines is 1. The predicted octanol–water partition coefficient (Wildman–Crippen LogP) is 1.33. The van der Waals surface area contributed by atoms with Crippen LogP contribution in [0.25, 0.3) is 0 Å².